The van der Waals surface area contributed by atoms with Crippen molar-refractivity contribution >= 4 is 17.9 Å². The van der Waals surface area contributed by atoms with Gasteiger partial charge in [0, 0.05) is 19.3 Å². The van der Waals surface area contributed by atoms with Crippen molar-refractivity contribution in [2.75, 3.05) is 13.2 Å². The molecule has 0 saturated heterocycles. The third-order valence-corrected chi connectivity index (χ3v) is 9.66. The zero-order valence-electron chi connectivity index (χ0n) is 38.4. The first-order chi connectivity index (χ1) is 29.5. The molecule has 0 N–H and O–H groups in total. The fraction of sp³-hybridized carbons (Fsp3) is 0.611. The summed E-state index contributed by atoms with van der Waals surface area (Å²) in [6.45, 7) is 6.31. The van der Waals surface area contributed by atoms with Gasteiger partial charge >= 0.3 is 17.9 Å². The minimum atomic E-state index is -0.832. The van der Waals surface area contributed by atoms with Crippen LogP contribution < -0.4 is 0 Å². The highest BCUT2D eigenvalue weighted by Crippen LogP contribution is 2.12. The predicted molar refractivity (Wildman–Crippen MR) is 256 cm³/mol. The van der Waals surface area contributed by atoms with E-state index in [4.69, 9.17) is 14.2 Å². The fourth-order valence-corrected chi connectivity index (χ4v) is 6.03. The second kappa shape index (κ2) is 47.7. The molecule has 0 aliphatic rings. The van der Waals surface area contributed by atoms with Crippen molar-refractivity contribution in [2.45, 2.75) is 200 Å². The Labute approximate surface area is 368 Å². The third-order valence-electron chi connectivity index (χ3n) is 9.66. The summed E-state index contributed by atoms with van der Waals surface area (Å²) in [6, 6.07) is 0. The summed E-state index contributed by atoms with van der Waals surface area (Å²) in [5, 5.41) is 0. The van der Waals surface area contributed by atoms with Crippen LogP contribution in [0.5, 0.6) is 0 Å². The summed E-state index contributed by atoms with van der Waals surface area (Å²) in [6.07, 6.45) is 63.7. The summed E-state index contributed by atoms with van der Waals surface area (Å²) >= 11 is 0. The second-order valence-corrected chi connectivity index (χ2v) is 15.5. The van der Waals surface area contributed by atoms with Crippen LogP contribution in [-0.4, -0.2) is 37.2 Å². The Morgan fingerprint density at radius 3 is 1.15 bits per heavy atom. The van der Waals surface area contributed by atoms with Crippen LogP contribution in [0, 0.1) is 0 Å². The minimum Gasteiger partial charge on any atom is -0.462 e. The Bertz CT molecular complexity index is 1280. The molecule has 60 heavy (non-hydrogen) atoms. The molecular weight excluding hydrogens is 745 g/mol. The number of carbonyl (C=O) groups is 3. The molecule has 0 spiro atoms. The van der Waals surface area contributed by atoms with Crippen LogP contribution in [0.1, 0.15) is 194 Å². The van der Waals surface area contributed by atoms with E-state index in [1.54, 1.807) is 0 Å². The second-order valence-electron chi connectivity index (χ2n) is 15.5. The molecule has 0 aromatic rings. The lowest BCUT2D eigenvalue weighted by Gasteiger charge is -2.18. The summed E-state index contributed by atoms with van der Waals surface area (Å²) in [5.41, 5.74) is 0. The Kier molecular flexibility index (Phi) is 44.6. The Morgan fingerprint density at radius 1 is 0.350 bits per heavy atom. The van der Waals surface area contributed by atoms with Gasteiger partial charge in [-0.2, -0.15) is 0 Å². The van der Waals surface area contributed by atoms with E-state index in [1.165, 1.54) is 64.2 Å². The Morgan fingerprint density at radius 2 is 0.683 bits per heavy atom. The number of hydrogen-bond donors (Lipinski definition) is 0. The lowest BCUT2D eigenvalue weighted by molar-refractivity contribution is -0.167. The van der Waals surface area contributed by atoms with E-state index in [1.807, 2.05) is 54.7 Å². The van der Waals surface area contributed by atoms with Gasteiger partial charge in [-0.15, -0.1) is 0 Å². The van der Waals surface area contributed by atoms with E-state index in [0.717, 1.165) is 83.5 Å². The van der Waals surface area contributed by atoms with Gasteiger partial charge in [-0.05, 0) is 77.0 Å². The molecule has 0 bridgehead atoms. The van der Waals surface area contributed by atoms with Gasteiger partial charge in [-0.25, -0.2) is 0 Å². The van der Waals surface area contributed by atoms with Gasteiger partial charge in [0.2, 0.25) is 0 Å². The SMILES string of the molecule is CC\C=C/C=C\C=C/C=C\C=C/CCCC(=O)OC(COC(=O)CCCCC/C=C\C=C/CCCC)COC(=O)CCCCCCC/C=C\C=C/CCCCCCCCC. The molecule has 0 radical (unpaired) electrons. The lowest BCUT2D eigenvalue weighted by Crippen LogP contribution is -2.30. The van der Waals surface area contributed by atoms with Crippen molar-refractivity contribution in [3.63, 3.8) is 0 Å². The molecule has 0 aliphatic heterocycles. The van der Waals surface area contributed by atoms with Crippen LogP contribution in [0.2, 0.25) is 0 Å². The monoisotopic (exact) mass is 831 g/mol. The summed E-state index contributed by atoms with van der Waals surface area (Å²) in [4.78, 5) is 37.8. The Hall–Kier alpha value is -3.93. The fourth-order valence-electron chi connectivity index (χ4n) is 6.03. The number of allylic oxidation sites excluding steroid dienone is 18. The molecule has 338 valence electrons. The van der Waals surface area contributed by atoms with E-state index < -0.39 is 12.1 Å². The third kappa shape index (κ3) is 45.2. The smallest absolute Gasteiger partial charge is 0.306 e. The van der Waals surface area contributed by atoms with Crippen LogP contribution in [0.3, 0.4) is 0 Å². The van der Waals surface area contributed by atoms with Gasteiger partial charge < -0.3 is 14.2 Å². The first-order valence-electron chi connectivity index (χ1n) is 24.0. The maximum Gasteiger partial charge on any atom is 0.306 e. The average Bonchev–Trinajstić information content (AvgIpc) is 3.24. The van der Waals surface area contributed by atoms with Gasteiger partial charge in [0.25, 0.3) is 0 Å². The topological polar surface area (TPSA) is 78.9 Å². The van der Waals surface area contributed by atoms with Gasteiger partial charge in [-0.1, -0.05) is 207 Å². The summed E-state index contributed by atoms with van der Waals surface area (Å²) < 4.78 is 16.6. The zero-order valence-corrected chi connectivity index (χ0v) is 38.4. The molecule has 6 nitrogen and oxygen atoms in total. The van der Waals surface area contributed by atoms with Crippen LogP contribution >= 0.6 is 0 Å². The van der Waals surface area contributed by atoms with Crippen LogP contribution in [-0.2, 0) is 28.6 Å². The van der Waals surface area contributed by atoms with Crippen molar-refractivity contribution in [3.8, 4) is 0 Å². The zero-order chi connectivity index (χ0) is 43.7. The van der Waals surface area contributed by atoms with Crippen molar-refractivity contribution in [2.24, 2.45) is 0 Å². The molecule has 0 saturated carbocycles. The molecule has 0 aromatic carbocycles. The van der Waals surface area contributed by atoms with E-state index in [9.17, 15) is 14.4 Å². The van der Waals surface area contributed by atoms with Gasteiger partial charge in [0.05, 0.1) is 0 Å². The Balaban J connectivity index is 4.53. The molecule has 0 aromatic heterocycles. The summed E-state index contributed by atoms with van der Waals surface area (Å²) in [7, 11) is 0. The first kappa shape index (κ1) is 56.1. The van der Waals surface area contributed by atoms with E-state index >= 15 is 0 Å². The number of carbonyl (C=O) groups excluding carboxylic acids is 3. The number of unbranched alkanes of at least 4 members (excludes halogenated alkanes) is 18. The highest BCUT2D eigenvalue weighted by atomic mass is 16.6. The van der Waals surface area contributed by atoms with Crippen molar-refractivity contribution in [1.82, 2.24) is 0 Å². The minimum absolute atomic E-state index is 0.126. The molecule has 1 atom stereocenters. The maximum absolute atomic E-state index is 12.7. The quantitative estimate of drug-likeness (QED) is 0.0264. The van der Waals surface area contributed by atoms with E-state index in [0.29, 0.717) is 19.3 Å². The van der Waals surface area contributed by atoms with Gasteiger partial charge in [0.15, 0.2) is 6.10 Å². The number of hydrogen-bond acceptors (Lipinski definition) is 6. The van der Waals surface area contributed by atoms with Crippen molar-refractivity contribution in [3.05, 3.63) is 109 Å². The molecule has 0 fully saturated rings. The lowest BCUT2D eigenvalue weighted by atomic mass is 10.1. The molecule has 0 rings (SSSR count). The standard InChI is InChI=1S/C54H86O6/c1-4-7-10-13-16-19-22-24-25-26-27-28-30-32-35-38-41-44-47-53(56)59-50-51(49-58-52(55)46-43-40-37-34-31-21-18-15-12-9-6-3)60-54(57)48-45-42-39-36-33-29-23-20-17-14-11-8-5-2/h8,11,14-15,17-18,20-21,23,25-29,31,33,36,39,51H,4-7,9-10,12-13,16,19,22,24,30,32,34-35,37-38,40-50H2,1-3H3/b11-8-,17-14-,18-15-,23-20-,26-25-,28-27-,31-21-,33-29-,39-36-. The van der Waals surface area contributed by atoms with E-state index in [2.05, 4.69) is 75.5 Å². The highest BCUT2D eigenvalue weighted by molar-refractivity contribution is 5.71. The van der Waals surface area contributed by atoms with Crippen LogP contribution in [0.4, 0.5) is 0 Å². The summed E-state index contributed by atoms with van der Waals surface area (Å²) in [5.74, 6) is -1.05. The normalized spacial score (nSPS) is 13.1. The largest absolute Gasteiger partial charge is 0.462 e. The molecule has 6 heteroatoms. The maximum atomic E-state index is 12.7. The average molecular weight is 831 g/mol. The molecule has 0 amide bonds. The van der Waals surface area contributed by atoms with Crippen molar-refractivity contribution < 1.29 is 28.6 Å². The first-order valence-corrected chi connectivity index (χ1v) is 24.0. The molecule has 0 aliphatic carbocycles. The molecular formula is C54H86O6. The van der Waals surface area contributed by atoms with Crippen LogP contribution in [0.25, 0.3) is 0 Å². The molecule has 0 heterocycles. The number of esters is 3. The highest BCUT2D eigenvalue weighted by Gasteiger charge is 2.19. The van der Waals surface area contributed by atoms with Gasteiger partial charge in [-0.3, -0.25) is 14.4 Å². The number of rotatable bonds is 41. The van der Waals surface area contributed by atoms with Gasteiger partial charge in [0.1, 0.15) is 13.2 Å². The predicted octanol–water partition coefficient (Wildman–Crippen LogP) is 15.6. The molecule has 1 unspecified atom stereocenters. The van der Waals surface area contributed by atoms with Crippen LogP contribution in [0.15, 0.2) is 109 Å². The van der Waals surface area contributed by atoms with Crippen molar-refractivity contribution in [1.29, 1.82) is 0 Å². The number of ether oxygens (including phenoxy) is 3. The van der Waals surface area contributed by atoms with E-state index in [-0.39, 0.29) is 31.6 Å².